The normalized spacial score (nSPS) is 16.3. The van der Waals surface area contributed by atoms with Gasteiger partial charge in [-0.3, -0.25) is 4.90 Å². The minimum Gasteiger partial charge on any atom is -0.490 e. The van der Waals surface area contributed by atoms with Gasteiger partial charge < -0.3 is 10.1 Å². The van der Waals surface area contributed by atoms with E-state index in [-0.39, 0.29) is 0 Å². The fraction of sp³-hybridized carbons (Fsp3) is 0.643. The third-order valence-corrected chi connectivity index (χ3v) is 4.00. The predicted molar refractivity (Wildman–Crippen MR) is 82.3 cm³/mol. The lowest BCUT2D eigenvalue weighted by atomic mass is 10.4. The summed E-state index contributed by atoms with van der Waals surface area (Å²) in [5.74, 6) is 4.24. The fourth-order valence-electron chi connectivity index (χ4n) is 2.01. The number of nitrogens with zero attached hydrogens (tertiary/aromatic N) is 2. The van der Waals surface area contributed by atoms with Crippen LogP contribution in [0.1, 0.15) is 13.3 Å². The minimum absolute atomic E-state index is 0.740. The van der Waals surface area contributed by atoms with Crippen LogP contribution in [0.4, 0.5) is 5.82 Å². The quantitative estimate of drug-likeness (QED) is 0.830. The van der Waals surface area contributed by atoms with E-state index in [0.29, 0.717) is 0 Å². The lowest BCUT2D eigenvalue weighted by Crippen LogP contribution is -2.36. The number of hydrogen-bond acceptors (Lipinski definition) is 5. The SMILES string of the molecule is CCCOc1cccnc1NCCN1CCSCC1. The predicted octanol–water partition coefficient (Wildman–Crippen LogP) is 2.33. The number of ether oxygens (including phenoxy) is 1. The third kappa shape index (κ3) is 4.91. The Bertz CT molecular complexity index is 369. The second-order valence-electron chi connectivity index (χ2n) is 4.58. The first-order chi connectivity index (χ1) is 9.40. The van der Waals surface area contributed by atoms with Gasteiger partial charge in [-0.2, -0.15) is 11.8 Å². The molecule has 19 heavy (non-hydrogen) atoms. The molecule has 0 saturated carbocycles. The molecule has 0 bridgehead atoms. The number of rotatable bonds is 7. The average molecular weight is 281 g/mol. The zero-order valence-electron chi connectivity index (χ0n) is 11.6. The molecule has 0 aliphatic carbocycles. The van der Waals surface area contributed by atoms with Gasteiger partial charge in [-0.05, 0) is 18.6 Å². The van der Waals surface area contributed by atoms with E-state index in [4.69, 9.17) is 4.74 Å². The number of pyridine rings is 1. The molecule has 1 fully saturated rings. The van der Waals surface area contributed by atoms with Gasteiger partial charge in [0.05, 0.1) is 6.61 Å². The van der Waals surface area contributed by atoms with Crippen molar-refractivity contribution < 1.29 is 4.74 Å². The molecule has 1 aliphatic rings. The standard InChI is InChI=1S/C14H23N3OS/c1-2-10-18-13-4-3-5-15-14(13)16-6-7-17-8-11-19-12-9-17/h3-5H,2,6-12H2,1H3,(H,15,16). The van der Waals surface area contributed by atoms with Crippen LogP contribution in [-0.2, 0) is 0 Å². The van der Waals surface area contributed by atoms with Crippen LogP contribution in [0, 0.1) is 0 Å². The number of nitrogens with one attached hydrogen (secondary N) is 1. The lowest BCUT2D eigenvalue weighted by Gasteiger charge is -2.26. The van der Waals surface area contributed by atoms with E-state index in [0.717, 1.165) is 37.7 Å². The van der Waals surface area contributed by atoms with Crippen molar-refractivity contribution in [2.45, 2.75) is 13.3 Å². The Labute approximate surface area is 119 Å². The smallest absolute Gasteiger partial charge is 0.168 e. The average Bonchev–Trinajstić information content (AvgIpc) is 2.47. The van der Waals surface area contributed by atoms with Gasteiger partial charge in [0.2, 0.25) is 0 Å². The molecular weight excluding hydrogens is 258 g/mol. The number of anilines is 1. The molecular formula is C14H23N3OS. The minimum atomic E-state index is 0.740. The van der Waals surface area contributed by atoms with Crippen molar-refractivity contribution in [1.29, 1.82) is 0 Å². The Hall–Kier alpha value is -0.940. The molecule has 0 unspecified atom stereocenters. The molecule has 4 nitrogen and oxygen atoms in total. The summed E-state index contributed by atoms with van der Waals surface area (Å²) in [5.41, 5.74) is 0. The highest BCUT2D eigenvalue weighted by molar-refractivity contribution is 7.99. The molecule has 106 valence electrons. The summed E-state index contributed by atoms with van der Waals surface area (Å²) in [4.78, 5) is 6.85. The first-order valence-corrected chi connectivity index (χ1v) is 8.17. The molecule has 1 aromatic rings. The van der Waals surface area contributed by atoms with Gasteiger partial charge in [0.25, 0.3) is 0 Å². The molecule has 1 N–H and O–H groups in total. The zero-order chi connectivity index (χ0) is 13.3. The molecule has 0 atom stereocenters. The van der Waals surface area contributed by atoms with Gasteiger partial charge in [0.1, 0.15) is 0 Å². The summed E-state index contributed by atoms with van der Waals surface area (Å²) in [5, 5.41) is 3.38. The number of aromatic nitrogens is 1. The molecule has 0 radical (unpaired) electrons. The number of thioether (sulfide) groups is 1. The Morgan fingerprint density at radius 3 is 3.05 bits per heavy atom. The van der Waals surface area contributed by atoms with E-state index in [2.05, 4.69) is 22.1 Å². The number of hydrogen-bond donors (Lipinski definition) is 1. The van der Waals surface area contributed by atoms with Crippen LogP contribution >= 0.6 is 11.8 Å². The van der Waals surface area contributed by atoms with Crippen LogP contribution in [0.5, 0.6) is 5.75 Å². The van der Waals surface area contributed by atoms with Crippen molar-refractivity contribution in [3.63, 3.8) is 0 Å². The molecule has 0 aromatic carbocycles. The maximum Gasteiger partial charge on any atom is 0.168 e. The van der Waals surface area contributed by atoms with Crippen LogP contribution in [0.15, 0.2) is 18.3 Å². The van der Waals surface area contributed by atoms with E-state index >= 15 is 0 Å². The van der Waals surface area contributed by atoms with E-state index in [1.54, 1.807) is 6.20 Å². The highest BCUT2D eigenvalue weighted by atomic mass is 32.2. The zero-order valence-corrected chi connectivity index (χ0v) is 12.4. The Kier molecular flexibility index (Phi) is 6.30. The third-order valence-electron chi connectivity index (χ3n) is 3.06. The Morgan fingerprint density at radius 2 is 2.26 bits per heavy atom. The summed E-state index contributed by atoms with van der Waals surface area (Å²) in [6, 6.07) is 3.89. The Balaban J connectivity index is 1.77. The highest BCUT2D eigenvalue weighted by Crippen LogP contribution is 2.20. The molecule has 0 amide bonds. The van der Waals surface area contributed by atoms with Crippen LogP contribution in [0.2, 0.25) is 0 Å². The highest BCUT2D eigenvalue weighted by Gasteiger charge is 2.10. The van der Waals surface area contributed by atoms with Gasteiger partial charge in [-0.25, -0.2) is 4.98 Å². The van der Waals surface area contributed by atoms with Crippen LogP contribution in [0.3, 0.4) is 0 Å². The van der Waals surface area contributed by atoms with Crippen molar-refractivity contribution in [2.24, 2.45) is 0 Å². The molecule has 0 spiro atoms. The lowest BCUT2D eigenvalue weighted by molar-refractivity contribution is 0.311. The molecule has 1 saturated heterocycles. The van der Waals surface area contributed by atoms with E-state index in [9.17, 15) is 0 Å². The second-order valence-corrected chi connectivity index (χ2v) is 5.80. The Morgan fingerprint density at radius 1 is 1.42 bits per heavy atom. The summed E-state index contributed by atoms with van der Waals surface area (Å²) < 4.78 is 5.69. The summed E-state index contributed by atoms with van der Waals surface area (Å²) in [6.07, 6.45) is 2.82. The van der Waals surface area contributed by atoms with Gasteiger partial charge in [0.15, 0.2) is 11.6 Å². The maximum atomic E-state index is 5.69. The van der Waals surface area contributed by atoms with E-state index < -0.39 is 0 Å². The van der Waals surface area contributed by atoms with Crippen molar-refractivity contribution in [1.82, 2.24) is 9.88 Å². The molecule has 1 aliphatic heterocycles. The topological polar surface area (TPSA) is 37.4 Å². The maximum absolute atomic E-state index is 5.69. The van der Waals surface area contributed by atoms with Crippen LogP contribution in [-0.4, -0.2) is 54.2 Å². The molecule has 5 heteroatoms. The first kappa shape index (κ1) is 14.5. The fourth-order valence-corrected chi connectivity index (χ4v) is 2.99. The van der Waals surface area contributed by atoms with E-state index in [1.165, 1.54) is 24.6 Å². The van der Waals surface area contributed by atoms with Gasteiger partial charge in [-0.1, -0.05) is 6.92 Å². The summed E-state index contributed by atoms with van der Waals surface area (Å²) in [7, 11) is 0. The largest absolute Gasteiger partial charge is 0.490 e. The van der Waals surface area contributed by atoms with Crippen molar-refractivity contribution >= 4 is 17.6 Å². The van der Waals surface area contributed by atoms with Gasteiger partial charge in [0, 0.05) is 43.9 Å². The van der Waals surface area contributed by atoms with Crippen LogP contribution in [0.25, 0.3) is 0 Å². The van der Waals surface area contributed by atoms with Gasteiger partial charge >= 0.3 is 0 Å². The van der Waals surface area contributed by atoms with Gasteiger partial charge in [-0.15, -0.1) is 0 Å². The van der Waals surface area contributed by atoms with Crippen molar-refractivity contribution in [2.75, 3.05) is 49.6 Å². The second kappa shape index (κ2) is 8.27. The molecule has 1 aromatic heterocycles. The summed E-state index contributed by atoms with van der Waals surface area (Å²) in [6.45, 7) is 7.25. The monoisotopic (exact) mass is 281 g/mol. The van der Waals surface area contributed by atoms with Crippen LogP contribution < -0.4 is 10.1 Å². The summed E-state index contributed by atoms with van der Waals surface area (Å²) >= 11 is 2.05. The van der Waals surface area contributed by atoms with Crippen molar-refractivity contribution in [3.05, 3.63) is 18.3 Å². The molecule has 2 heterocycles. The van der Waals surface area contributed by atoms with E-state index in [1.807, 2.05) is 23.9 Å². The first-order valence-electron chi connectivity index (χ1n) is 7.02. The van der Waals surface area contributed by atoms with Crippen molar-refractivity contribution in [3.8, 4) is 5.75 Å². The molecule has 2 rings (SSSR count).